The normalized spacial score (nSPS) is 9.80. The van der Waals surface area contributed by atoms with Crippen LogP contribution in [0.25, 0.3) is 0 Å². The summed E-state index contributed by atoms with van der Waals surface area (Å²) in [4.78, 5) is 3.89. The smallest absolute Gasteiger partial charge is 0.154 e. The van der Waals surface area contributed by atoms with Gasteiger partial charge in [0.1, 0.15) is 0 Å². The zero-order valence-corrected chi connectivity index (χ0v) is 6.31. The van der Waals surface area contributed by atoms with E-state index in [1.54, 1.807) is 6.07 Å². The Labute approximate surface area is 64.0 Å². The van der Waals surface area contributed by atoms with Gasteiger partial charge in [0.2, 0.25) is 0 Å². The van der Waals surface area contributed by atoms with Crippen LogP contribution >= 0.6 is 11.6 Å². The number of hydrogen-bond donors (Lipinski definition) is 2. The molecule has 1 heterocycles. The minimum atomic E-state index is 0.275. The fraction of sp³-hybridized carbons (Fsp3) is 0.167. The molecule has 10 heavy (non-hydrogen) atoms. The van der Waals surface area contributed by atoms with Crippen molar-refractivity contribution < 1.29 is 0 Å². The second kappa shape index (κ2) is 2.34. The number of rotatable bonds is 0. The molecule has 0 aliphatic carbocycles. The quantitative estimate of drug-likeness (QED) is 0.557. The molecule has 4 heteroatoms. The predicted molar refractivity (Wildman–Crippen MR) is 42.8 cm³/mol. The number of nitrogens with zero attached hydrogens (tertiary/aromatic N) is 1. The topological polar surface area (TPSA) is 64.9 Å². The first-order chi connectivity index (χ1) is 4.61. The Morgan fingerprint density at radius 2 is 2.10 bits per heavy atom. The van der Waals surface area contributed by atoms with Crippen molar-refractivity contribution in [2.75, 3.05) is 11.5 Å². The summed E-state index contributed by atoms with van der Waals surface area (Å²) in [5.41, 5.74) is 12.5. The summed E-state index contributed by atoms with van der Waals surface area (Å²) in [5.74, 6) is 0. The van der Waals surface area contributed by atoms with Crippen molar-refractivity contribution in [3.8, 4) is 0 Å². The highest BCUT2D eigenvalue weighted by molar-refractivity contribution is 6.32. The maximum absolute atomic E-state index is 5.60. The highest BCUT2D eigenvalue weighted by Gasteiger charge is 2.01. The SMILES string of the molecule is Cc1cc(N)c(N)c(Cl)n1. The van der Waals surface area contributed by atoms with Crippen LogP contribution in [0.3, 0.4) is 0 Å². The van der Waals surface area contributed by atoms with Crippen molar-refractivity contribution in [2.45, 2.75) is 6.92 Å². The number of nitrogens with two attached hydrogens (primary N) is 2. The lowest BCUT2D eigenvalue weighted by atomic mass is 10.3. The number of pyridine rings is 1. The standard InChI is InChI=1S/C6H8ClN3/c1-3-2-4(8)5(9)6(7)10-3/h2H,9H2,1H3,(H2,8,10). The second-order valence-electron chi connectivity index (χ2n) is 2.06. The van der Waals surface area contributed by atoms with Gasteiger partial charge in [0.05, 0.1) is 11.4 Å². The van der Waals surface area contributed by atoms with Crippen molar-refractivity contribution >= 4 is 23.0 Å². The molecule has 0 bridgehead atoms. The minimum absolute atomic E-state index is 0.275. The van der Waals surface area contributed by atoms with Crippen molar-refractivity contribution in [2.24, 2.45) is 0 Å². The Hall–Kier alpha value is -0.960. The van der Waals surface area contributed by atoms with E-state index in [1.165, 1.54) is 0 Å². The van der Waals surface area contributed by atoms with Gasteiger partial charge in [-0.05, 0) is 13.0 Å². The summed E-state index contributed by atoms with van der Waals surface area (Å²) in [6.07, 6.45) is 0. The summed E-state index contributed by atoms with van der Waals surface area (Å²) in [7, 11) is 0. The second-order valence-corrected chi connectivity index (χ2v) is 2.42. The van der Waals surface area contributed by atoms with Gasteiger partial charge in [-0.2, -0.15) is 0 Å². The molecule has 0 aromatic carbocycles. The summed E-state index contributed by atoms with van der Waals surface area (Å²) < 4.78 is 0. The summed E-state index contributed by atoms with van der Waals surface area (Å²) in [5, 5.41) is 0.275. The van der Waals surface area contributed by atoms with Crippen molar-refractivity contribution in [1.29, 1.82) is 0 Å². The molecule has 3 nitrogen and oxygen atoms in total. The Bertz CT molecular complexity index is 236. The van der Waals surface area contributed by atoms with Crippen molar-refractivity contribution in [3.05, 3.63) is 16.9 Å². The first-order valence-electron chi connectivity index (χ1n) is 2.79. The molecule has 0 aliphatic rings. The monoisotopic (exact) mass is 157 g/mol. The molecule has 4 N–H and O–H groups in total. The fourth-order valence-corrected chi connectivity index (χ4v) is 0.912. The molecular formula is C6H8ClN3. The van der Waals surface area contributed by atoms with Crippen LogP contribution in [0.15, 0.2) is 6.07 Å². The minimum Gasteiger partial charge on any atom is -0.397 e. The lowest BCUT2D eigenvalue weighted by molar-refractivity contribution is 1.21. The Kier molecular flexibility index (Phi) is 1.68. The molecule has 54 valence electrons. The molecule has 0 radical (unpaired) electrons. The molecule has 0 fully saturated rings. The number of halogens is 1. The highest BCUT2D eigenvalue weighted by Crippen LogP contribution is 2.22. The van der Waals surface area contributed by atoms with Crippen molar-refractivity contribution in [1.82, 2.24) is 4.98 Å². The lowest BCUT2D eigenvalue weighted by Crippen LogP contribution is -1.98. The number of aryl methyl sites for hydroxylation is 1. The molecule has 1 rings (SSSR count). The van der Waals surface area contributed by atoms with Crippen LogP contribution in [0.1, 0.15) is 5.69 Å². The van der Waals surface area contributed by atoms with Crippen LogP contribution in [0.5, 0.6) is 0 Å². The maximum atomic E-state index is 5.60. The largest absolute Gasteiger partial charge is 0.397 e. The van der Waals surface area contributed by atoms with E-state index in [9.17, 15) is 0 Å². The van der Waals surface area contributed by atoms with E-state index in [1.807, 2.05) is 6.92 Å². The number of hydrogen-bond acceptors (Lipinski definition) is 3. The van der Waals surface area contributed by atoms with E-state index in [-0.39, 0.29) is 5.15 Å². The molecule has 1 aromatic heterocycles. The molecule has 0 saturated carbocycles. The number of aromatic nitrogens is 1. The van der Waals surface area contributed by atoms with Gasteiger partial charge in [-0.25, -0.2) is 4.98 Å². The van der Waals surface area contributed by atoms with Gasteiger partial charge in [-0.15, -0.1) is 0 Å². The summed E-state index contributed by atoms with van der Waals surface area (Å²) in [6, 6.07) is 1.68. The van der Waals surface area contributed by atoms with E-state index >= 15 is 0 Å². The van der Waals surface area contributed by atoms with Gasteiger partial charge in [-0.1, -0.05) is 11.6 Å². The van der Waals surface area contributed by atoms with E-state index in [0.717, 1.165) is 5.69 Å². The van der Waals surface area contributed by atoms with Crippen LogP contribution in [0.2, 0.25) is 5.15 Å². The van der Waals surface area contributed by atoms with Crippen molar-refractivity contribution in [3.63, 3.8) is 0 Å². The Balaban J connectivity index is 3.31. The van der Waals surface area contributed by atoms with Gasteiger partial charge in [0.25, 0.3) is 0 Å². The van der Waals surface area contributed by atoms with E-state index in [4.69, 9.17) is 23.1 Å². The molecule has 0 unspecified atom stereocenters. The first-order valence-corrected chi connectivity index (χ1v) is 3.17. The summed E-state index contributed by atoms with van der Waals surface area (Å²) in [6.45, 7) is 1.81. The molecule has 0 aliphatic heterocycles. The third kappa shape index (κ3) is 1.14. The van der Waals surface area contributed by atoms with Gasteiger partial charge in [0, 0.05) is 5.69 Å². The first kappa shape index (κ1) is 7.15. The average molecular weight is 158 g/mol. The van der Waals surface area contributed by atoms with E-state index < -0.39 is 0 Å². The highest BCUT2D eigenvalue weighted by atomic mass is 35.5. The van der Waals surface area contributed by atoms with Gasteiger partial charge in [-0.3, -0.25) is 0 Å². The lowest BCUT2D eigenvalue weighted by Gasteiger charge is -2.01. The van der Waals surface area contributed by atoms with Crippen LogP contribution < -0.4 is 11.5 Å². The molecule has 0 spiro atoms. The van der Waals surface area contributed by atoms with Crippen LogP contribution in [0, 0.1) is 6.92 Å². The third-order valence-corrected chi connectivity index (χ3v) is 1.46. The Morgan fingerprint density at radius 3 is 2.60 bits per heavy atom. The predicted octanol–water partition coefficient (Wildman–Crippen LogP) is 1.21. The zero-order valence-electron chi connectivity index (χ0n) is 5.56. The number of nitrogen functional groups attached to an aromatic ring is 2. The zero-order chi connectivity index (χ0) is 7.72. The van der Waals surface area contributed by atoms with Gasteiger partial charge >= 0.3 is 0 Å². The van der Waals surface area contributed by atoms with E-state index in [2.05, 4.69) is 4.98 Å². The van der Waals surface area contributed by atoms with Crippen LogP contribution in [-0.2, 0) is 0 Å². The third-order valence-electron chi connectivity index (χ3n) is 1.17. The van der Waals surface area contributed by atoms with Crippen LogP contribution in [-0.4, -0.2) is 4.98 Å². The molecule has 0 atom stereocenters. The van der Waals surface area contributed by atoms with Gasteiger partial charge < -0.3 is 11.5 Å². The summed E-state index contributed by atoms with van der Waals surface area (Å²) >= 11 is 5.60. The average Bonchev–Trinajstić information content (AvgIpc) is 1.82. The van der Waals surface area contributed by atoms with Crippen LogP contribution in [0.4, 0.5) is 11.4 Å². The van der Waals surface area contributed by atoms with E-state index in [0.29, 0.717) is 11.4 Å². The van der Waals surface area contributed by atoms with Gasteiger partial charge in [0.15, 0.2) is 5.15 Å². The molecular weight excluding hydrogens is 150 g/mol. The maximum Gasteiger partial charge on any atom is 0.154 e. The fourth-order valence-electron chi connectivity index (χ4n) is 0.669. The number of anilines is 2. The molecule has 0 amide bonds. The Morgan fingerprint density at radius 1 is 1.50 bits per heavy atom. The molecule has 1 aromatic rings. The molecule has 0 saturated heterocycles.